The molecule has 1 atom stereocenters. The summed E-state index contributed by atoms with van der Waals surface area (Å²) in [4.78, 5) is 0. The average molecular weight is 308 g/mol. The minimum atomic E-state index is -0.456. The summed E-state index contributed by atoms with van der Waals surface area (Å²) in [5.74, 6) is 0.646. The quantitative estimate of drug-likeness (QED) is 0.389. The summed E-state index contributed by atoms with van der Waals surface area (Å²) < 4.78 is 6.31. The van der Waals surface area contributed by atoms with E-state index in [4.69, 9.17) is 27.3 Å². The van der Waals surface area contributed by atoms with E-state index in [1.807, 2.05) is 6.92 Å². The molecule has 0 aromatic heterocycles. The first-order valence-electron chi connectivity index (χ1n) is 4.67. The highest BCUT2D eigenvalue weighted by Gasteiger charge is 2.15. The second-order valence-electron chi connectivity index (χ2n) is 3.11. The Bertz CT molecular complexity index is 398. The molecule has 0 aliphatic carbocycles. The summed E-state index contributed by atoms with van der Waals surface area (Å²) in [5, 5.41) is 12.1. The van der Waals surface area contributed by atoms with Crippen LogP contribution in [0.5, 0.6) is 5.75 Å². The predicted octanol–water partition coefficient (Wildman–Crippen LogP) is 3.01. The van der Waals surface area contributed by atoms with Crippen molar-refractivity contribution in [3.63, 3.8) is 0 Å². The Balaban J connectivity index is 2.86. The van der Waals surface area contributed by atoms with Gasteiger partial charge in [0.05, 0.1) is 4.47 Å². The summed E-state index contributed by atoms with van der Waals surface area (Å²) in [6, 6.07) is 5.15. The number of benzene rings is 1. The SMILES string of the molecule is CCC(Oc1ccc(Cl)cc1Br)C(N)=NO. The van der Waals surface area contributed by atoms with Crippen LogP contribution in [0.4, 0.5) is 0 Å². The number of oxime groups is 1. The van der Waals surface area contributed by atoms with Gasteiger partial charge in [-0.2, -0.15) is 0 Å². The molecule has 1 unspecified atom stereocenters. The van der Waals surface area contributed by atoms with Crippen LogP contribution >= 0.6 is 27.5 Å². The average Bonchev–Trinajstić information content (AvgIpc) is 2.27. The van der Waals surface area contributed by atoms with Gasteiger partial charge < -0.3 is 15.7 Å². The predicted molar refractivity (Wildman–Crippen MR) is 67.3 cm³/mol. The Morgan fingerprint density at radius 3 is 2.88 bits per heavy atom. The van der Waals surface area contributed by atoms with E-state index < -0.39 is 6.10 Å². The van der Waals surface area contributed by atoms with E-state index >= 15 is 0 Å². The van der Waals surface area contributed by atoms with E-state index in [2.05, 4.69) is 21.1 Å². The first-order valence-corrected chi connectivity index (χ1v) is 5.84. The van der Waals surface area contributed by atoms with Crippen LogP contribution in [0.15, 0.2) is 27.8 Å². The molecular weight excluding hydrogens is 295 g/mol. The Kier molecular flexibility index (Phi) is 4.89. The van der Waals surface area contributed by atoms with Gasteiger partial charge in [-0.3, -0.25) is 0 Å². The number of hydrogen-bond donors (Lipinski definition) is 2. The molecule has 0 aliphatic rings. The minimum Gasteiger partial charge on any atom is -0.481 e. The van der Waals surface area contributed by atoms with Gasteiger partial charge in [0.25, 0.3) is 0 Å². The van der Waals surface area contributed by atoms with Crippen LogP contribution in [-0.2, 0) is 0 Å². The third kappa shape index (κ3) is 3.28. The first-order chi connectivity index (χ1) is 7.58. The number of amidine groups is 1. The zero-order valence-electron chi connectivity index (χ0n) is 8.65. The zero-order valence-corrected chi connectivity index (χ0v) is 11.0. The Labute approximate surface area is 107 Å². The van der Waals surface area contributed by atoms with E-state index in [-0.39, 0.29) is 5.84 Å². The minimum absolute atomic E-state index is 0.0457. The van der Waals surface area contributed by atoms with Crippen molar-refractivity contribution in [1.29, 1.82) is 0 Å². The first kappa shape index (κ1) is 13.1. The van der Waals surface area contributed by atoms with E-state index in [0.717, 1.165) is 4.47 Å². The molecule has 0 radical (unpaired) electrons. The third-order valence-electron chi connectivity index (χ3n) is 1.98. The number of halogens is 2. The van der Waals surface area contributed by atoms with Crippen molar-refractivity contribution in [2.45, 2.75) is 19.4 Å². The highest BCUT2D eigenvalue weighted by molar-refractivity contribution is 9.10. The summed E-state index contributed by atoms with van der Waals surface area (Å²) >= 11 is 9.13. The van der Waals surface area contributed by atoms with Crippen molar-refractivity contribution >= 4 is 33.4 Å². The Morgan fingerprint density at radius 2 is 2.38 bits per heavy atom. The summed E-state index contributed by atoms with van der Waals surface area (Å²) in [6.45, 7) is 1.88. The molecule has 16 heavy (non-hydrogen) atoms. The maximum absolute atomic E-state index is 8.58. The lowest BCUT2D eigenvalue weighted by molar-refractivity contribution is 0.245. The van der Waals surface area contributed by atoms with Crippen molar-refractivity contribution in [3.8, 4) is 5.75 Å². The molecule has 0 saturated heterocycles. The van der Waals surface area contributed by atoms with Crippen LogP contribution in [0.2, 0.25) is 5.02 Å². The van der Waals surface area contributed by atoms with Crippen LogP contribution in [0.1, 0.15) is 13.3 Å². The van der Waals surface area contributed by atoms with E-state index in [1.165, 1.54) is 0 Å². The maximum Gasteiger partial charge on any atom is 0.180 e. The molecule has 6 heteroatoms. The fourth-order valence-electron chi connectivity index (χ4n) is 1.14. The summed E-state index contributed by atoms with van der Waals surface area (Å²) in [7, 11) is 0. The van der Waals surface area contributed by atoms with Gasteiger partial charge in [0.15, 0.2) is 11.9 Å². The van der Waals surface area contributed by atoms with Crippen molar-refractivity contribution in [2.24, 2.45) is 10.9 Å². The maximum atomic E-state index is 8.58. The van der Waals surface area contributed by atoms with Crippen LogP contribution in [0.25, 0.3) is 0 Å². The van der Waals surface area contributed by atoms with Crippen molar-refractivity contribution in [2.75, 3.05) is 0 Å². The second-order valence-corrected chi connectivity index (χ2v) is 4.41. The molecule has 88 valence electrons. The number of nitrogens with two attached hydrogens (primary N) is 1. The van der Waals surface area contributed by atoms with E-state index in [0.29, 0.717) is 17.2 Å². The van der Waals surface area contributed by atoms with Gasteiger partial charge in [0.2, 0.25) is 0 Å². The van der Waals surface area contributed by atoms with Gasteiger partial charge in [-0.25, -0.2) is 0 Å². The lowest BCUT2D eigenvalue weighted by Gasteiger charge is -2.17. The molecule has 1 rings (SSSR count). The molecule has 0 heterocycles. The standard InChI is InChI=1S/C10H12BrClN2O2/c1-2-8(10(13)14-15)16-9-4-3-6(12)5-7(9)11/h3-5,8,15H,2H2,1H3,(H2,13,14). The Morgan fingerprint density at radius 1 is 1.69 bits per heavy atom. The molecule has 0 amide bonds. The van der Waals surface area contributed by atoms with Crippen LogP contribution in [-0.4, -0.2) is 17.1 Å². The molecule has 1 aromatic carbocycles. The van der Waals surface area contributed by atoms with Gasteiger partial charge in [0, 0.05) is 5.02 Å². The fourth-order valence-corrected chi connectivity index (χ4v) is 1.92. The molecule has 0 aliphatic heterocycles. The molecule has 3 N–H and O–H groups in total. The van der Waals surface area contributed by atoms with Gasteiger partial charge in [0.1, 0.15) is 5.75 Å². The number of nitrogens with zero attached hydrogens (tertiary/aromatic N) is 1. The smallest absolute Gasteiger partial charge is 0.180 e. The largest absolute Gasteiger partial charge is 0.481 e. The number of hydrogen-bond acceptors (Lipinski definition) is 3. The van der Waals surface area contributed by atoms with Crippen molar-refractivity contribution in [3.05, 3.63) is 27.7 Å². The molecule has 0 fully saturated rings. The van der Waals surface area contributed by atoms with Gasteiger partial charge in [-0.15, -0.1) is 0 Å². The van der Waals surface area contributed by atoms with Gasteiger partial charge >= 0.3 is 0 Å². The van der Waals surface area contributed by atoms with Crippen LogP contribution in [0, 0.1) is 0 Å². The molecule has 0 bridgehead atoms. The molecule has 4 nitrogen and oxygen atoms in total. The molecular formula is C10H12BrClN2O2. The lowest BCUT2D eigenvalue weighted by atomic mass is 10.2. The fraction of sp³-hybridized carbons (Fsp3) is 0.300. The van der Waals surface area contributed by atoms with Gasteiger partial charge in [-0.1, -0.05) is 23.7 Å². The highest BCUT2D eigenvalue weighted by atomic mass is 79.9. The third-order valence-corrected chi connectivity index (χ3v) is 2.83. The monoisotopic (exact) mass is 306 g/mol. The topological polar surface area (TPSA) is 67.8 Å². The summed E-state index contributed by atoms with van der Waals surface area (Å²) in [6.07, 6.45) is 0.146. The molecule has 1 aromatic rings. The highest BCUT2D eigenvalue weighted by Crippen LogP contribution is 2.29. The molecule has 0 saturated carbocycles. The van der Waals surface area contributed by atoms with Crippen molar-refractivity contribution in [1.82, 2.24) is 0 Å². The number of ether oxygens (including phenoxy) is 1. The number of rotatable bonds is 4. The van der Waals surface area contributed by atoms with Crippen LogP contribution in [0.3, 0.4) is 0 Å². The normalized spacial score (nSPS) is 13.6. The Hall–Kier alpha value is -0.940. The van der Waals surface area contributed by atoms with Gasteiger partial charge in [-0.05, 0) is 40.5 Å². The van der Waals surface area contributed by atoms with Crippen LogP contribution < -0.4 is 10.5 Å². The summed E-state index contributed by atoms with van der Waals surface area (Å²) in [5.41, 5.74) is 5.49. The second kappa shape index (κ2) is 5.96. The van der Waals surface area contributed by atoms with E-state index in [9.17, 15) is 0 Å². The lowest BCUT2D eigenvalue weighted by Crippen LogP contribution is -2.33. The van der Waals surface area contributed by atoms with Crippen molar-refractivity contribution < 1.29 is 9.94 Å². The zero-order chi connectivity index (χ0) is 12.1. The van der Waals surface area contributed by atoms with E-state index in [1.54, 1.807) is 18.2 Å². The molecule has 0 spiro atoms.